The van der Waals surface area contributed by atoms with Gasteiger partial charge in [-0.05, 0) is 31.4 Å². The van der Waals surface area contributed by atoms with E-state index in [1.807, 2.05) is 24.3 Å². The topological polar surface area (TPSA) is 58.0 Å². The fraction of sp³-hybridized carbons (Fsp3) is 0.385. The molecule has 0 amide bonds. The van der Waals surface area contributed by atoms with E-state index in [2.05, 4.69) is 15.3 Å². The lowest BCUT2D eigenvalue weighted by Crippen LogP contribution is -3.00. The molecule has 0 aliphatic carbocycles. The summed E-state index contributed by atoms with van der Waals surface area (Å²) in [6, 6.07) is 7.96. The Kier molecular flexibility index (Phi) is 6.39. The van der Waals surface area contributed by atoms with Crippen LogP contribution in [0, 0.1) is 0 Å². The monoisotopic (exact) mass is 266 g/mol. The molecule has 0 unspecified atom stereocenters. The van der Waals surface area contributed by atoms with E-state index in [4.69, 9.17) is 5.11 Å². The molecule has 18 heavy (non-hydrogen) atoms. The molecule has 0 bridgehead atoms. The van der Waals surface area contributed by atoms with Crippen LogP contribution in [0.5, 0.6) is 0 Å². The second kappa shape index (κ2) is 7.84. The Morgan fingerprint density at radius 3 is 2.72 bits per heavy atom. The van der Waals surface area contributed by atoms with E-state index in [0.717, 1.165) is 42.5 Å². The lowest BCUT2D eigenvalue weighted by atomic mass is 10.2. The van der Waals surface area contributed by atoms with Gasteiger partial charge in [-0.2, -0.15) is 0 Å². The van der Waals surface area contributed by atoms with Gasteiger partial charge in [-0.1, -0.05) is 12.1 Å². The van der Waals surface area contributed by atoms with Gasteiger partial charge in [0.05, 0.1) is 5.52 Å². The molecule has 0 fully saturated rings. The number of nitrogens with one attached hydrogen (secondary N) is 1. The van der Waals surface area contributed by atoms with E-state index < -0.39 is 0 Å². The number of anilines is 1. The third-order valence-corrected chi connectivity index (χ3v) is 2.67. The summed E-state index contributed by atoms with van der Waals surface area (Å²) in [5.41, 5.74) is 0.959. The molecule has 0 radical (unpaired) electrons. The highest BCUT2D eigenvalue weighted by molar-refractivity contribution is 5.88. The highest BCUT2D eigenvalue weighted by Gasteiger charge is 2.01. The van der Waals surface area contributed by atoms with Gasteiger partial charge in [0.2, 0.25) is 0 Å². The van der Waals surface area contributed by atoms with Gasteiger partial charge in [0, 0.05) is 18.5 Å². The van der Waals surface area contributed by atoms with E-state index in [0.29, 0.717) is 0 Å². The highest BCUT2D eigenvalue weighted by atomic mass is 35.5. The summed E-state index contributed by atoms with van der Waals surface area (Å²) in [7, 11) is 0. The molecule has 1 aromatic carbocycles. The van der Waals surface area contributed by atoms with Crippen molar-refractivity contribution in [2.45, 2.75) is 19.3 Å². The number of aliphatic hydroxyl groups is 1. The van der Waals surface area contributed by atoms with Gasteiger partial charge in [-0.3, -0.25) is 0 Å². The zero-order chi connectivity index (χ0) is 11.9. The van der Waals surface area contributed by atoms with Gasteiger partial charge >= 0.3 is 0 Å². The summed E-state index contributed by atoms with van der Waals surface area (Å²) in [5, 5.41) is 13.0. The van der Waals surface area contributed by atoms with Crippen molar-refractivity contribution in [2.75, 3.05) is 18.5 Å². The number of hydrogen-bond acceptors (Lipinski definition) is 4. The van der Waals surface area contributed by atoms with E-state index in [-0.39, 0.29) is 19.0 Å². The van der Waals surface area contributed by atoms with E-state index in [1.54, 1.807) is 6.33 Å². The first-order chi connectivity index (χ1) is 8.42. The largest absolute Gasteiger partial charge is 1.00 e. The Labute approximate surface area is 113 Å². The quantitative estimate of drug-likeness (QED) is 0.673. The molecule has 98 valence electrons. The van der Waals surface area contributed by atoms with Crippen LogP contribution in [0.4, 0.5) is 5.82 Å². The van der Waals surface area contributed by atoms with Gasteiger partial charge in [-0.15, -0.1) is 0 Å². The number of hydrogen-bond donors (Lipinski definition) is 2. The fourth-order valence-electron chi connectivity index (χ4n) is 1.77. The number of aliphatic hydroxyl groups excluding tert-OH is 1. The SMILES string of the molecule is OCCCCCNc1ncnc2ccccc12.[Cl-]. The maximum atomic E-state index is 8.68. The smallest absolute Gasteiger partial charge is 0.137 e. The van der Waals surface area contributed by atoms with Crippen molar-refractivity contribution in [3.05, 3.63) is 30.6 Å². The van der Waals surface area contributed by atoms with E-state index >= 15 is 0 Å². The van der Waals surface area contributed by atoms with Gasteiger partial charge < -0.3 is 22.8 Å². The number of aromatic nitrogens is 2. The maximum Gasteiger partial charge on any atom is 0.137 e. The van der Waals surface area contributed by atoms with Crippen LogP contribution in [0.3, 0.4) is 0 Å². The molecule has 2 aromatic rings. The molecular weight excluding hydrogens is 250 g/mol. The first kappa shape index (κ1) is 14.7. The zero-order valence-electron chi connectivity index (χ0n) is 10.1. The van der Waals surface area contributed by atoms with Crippen LogP contribution >= 0.6 is 0 Å². The molecule has 5 heteroatoms. The van der Waals surface area contributed by atoms with Gasteiger partial charge in [0.1, 0.15) is 12.1 Å². The molecule has 2 rings (SSSR count). The van der Waals surface area contributed by atoms with Crippen LogP contribution in [0.2, 0.25) is 0 Å². The Morgan fingerprint density at radius 1 is 1.06 bits per heavy atom. The number of rotatable bonds is 6. The van der Waals surface area contributed by atoms with Gasteiger partial charge in [0.25, 0.3) is 0 Å². The molecular formula is C13H17ClN3O-. The van der Waals surface area contributed by atoms with Crippen LogP contribution in [-0.4, -0.2) is 28.2 Å². The first-order valence-electron chi connectivity index (χ1n) is 5.96. The summed E-state index contributed by atoms with van der Waals surface area (Å²) in [4.78, 5) is 8.47. The summed E-state index contributed by atoms with van der Waals surface area (Å²) in [6.45, 7) is 1.15. The summed E-state index contributed by atoms with van der Waals surface area (Å²) >= 11 is 0. The van der Waals surface area contributed by atoms with Crippen molar-refractivity contribution in [2.24, 2.45) is 0 Å². The van der Waals surface area contributed by atoms with Crippen molar-refractivity contribution in [1.29, 1.82) is 0 Å². The van der Waals surface area contributed by atoms with Gasteiger partial charge in [-0.25, -0.2) is 9.97 Å². The first-order valence-corrected chi connectivity index (χ1v) is 5.96. The van der Waals surface area contributed by atoms with Crippen LogP contribution in [0.15, 0.2) is 30.6 Å². The van der Waals surface area contributed by atoms with Crippen LogP contribution in [0.1, 0.15) is 19.3 Å². The number of fused-ring (bicyclic) bond motifs is 1. The summed E-state index contributed by atoms with van der Waals surface area (Å²) < 4.78 is 0. The van der Waals surface area contributed by atoms with E-state index in [1.165, 1.54) is 0 Å². The molecule has 0 saturated carbocycles. The molecule has 0 spiro atoms. The average Bonchev–Trinajstić information content (AvgIpc) is 2.39. The summed E-state index contributed by atoms with van der Waals surface area (Å²) in [6.07, 6.45) is 4.52. The van der Waals surface area contributed by atoms with Crippen molar-refractivity contribution in [3.8, 4) is 0 Å². The van der Waals surface area contributed by atoms with Gasteiger partial charge in [0.15, 0.2) is 0 Å². The maximum absolute atomic E-state index is 8.68. The second-order valence-corrected chi connectivity index (χ2v) is 3.95. The molecule has 0 aliphatic heterocycles. The predicted octanol–water partition coefficient (Wildman–Crippen LogP) is -0.792. The second-order valence-electron chi connectivity index (χ2n) is 3.95. The lowest BCUT2D eigenvalue weighted by Gasteiger charge is -2.07. The molecule has 4 nitrogen and oxygen atoms in total. The van der Waals surface area contributed by atoms with Crippen LogP contribution < -0.4 is 17.7 Å². The standard InChI is InChI=1S/C13H17N3O.ClH/c17-9-5-1-4-8-14-13-11-6-2-3-7-12(11)15-10-16-13;/h2-3,6-7,10,17H,1,4-5,8-9H2,(H,14,15,16);1H/p-1. The molecule has 1 heterocycles. The molecule has 1 aromatic heterocycles. The minimum absolute atomic E-state index is 0. The van der Waals surface area contributed by atoms with Crippen molar-refractivity contribution in [3.63, 3.8) is 0 Å². The lowest BCUT2D eigenvalue weighted by molar-refractivity contribution is -0.00000470. The van der Waals surface area contributed by atoms with Crippen LogP contribution in [-0.2, 0) is 0 Å². The minimum atomic E-state index is 0. The molecule has 0 aliphatic rings. The van der Waals surface area contributed by atoms with Crippen LogP contribution in [0.25, 0.3) is 10.9 Å². The number of nitrogens with zero attached hydrogens (tertiary/aromatic N) is 2. The summed E-state index contributed by atoms with van der Waals surface area (Å²) in [5.74, 6) is 0.889. The Bertz CT molecular complexity index is 473. The molecule has 2 N–H and O–H groups in total. The predicted molar refractivity (Wildman–Crippen MR) is 69.0 cm³/mol. The third-order valence-electron chi connectivity index (χ3n) is 2.67. The Morgan fingerprint density at radius 2 is 1.89 bits per heavy atom. The number of halogens is 1. The number of unbranched alkanes of at least 4 members (excludes halogenated alkanes) is 2. The highest BCUT2D eigenvalue weighted by Crippen LogP contribution is 2.18. The number of benzene rings is 1. The van der Waals surface area contributed by atoms with Crippen molar-refractivity contribution in [1.82, 2.24) is 9.97 Å². The zero-order valence-corrected chi connectivity index (χ0v) is 10.9. The van der Waals surface area contributed by atoms with E-state index in [9.17, 15) is 0 Å². The molecule has 0 atom stereocenters. The van der Waals surface area contributed by atoms with Crippen molar-refractivity contribution < 1.29 is 17.5 Å². The fourth-order valence-corrected chi connectivity index (χ4v) is 1.77. The normalized spacial score (nSPS) is 10.1. The minimum Gasteiger partial charge on any atom is -1.00 e. The molecule has 0 saturated heterocycles. The van der Waals surface area contributed by atoms with Crippen molar-refractivity contribution >= 4 is 16.7 Å². The Balaban J connectivity index is 0.00000162. The number of para-hydroxylation sites is 1. The third kappa shape index (κ3) is 3.82. The Hall–Kier alpha value is -1.39. The average molecular weight is 267 g/mol.